The van der Waals surface area contributed by atoms with Gasteiger partial charge < -0.3 is 10.8 Å². The smallest absolute Gasteiger partial charge is 0.328 e. The van der Waals surface area contributed by atoms with Crippen LogP contribution in [-0.4, -0.2) is 20.9 Å². The summed E-state index contributed by atoms with van der Waals surface area (Å²) >= 11 is 0. The minimum atomic E-state index is -0.870. The van der Waals surface area contributed by atoms with E-state index in [4.69, 9.17) is 10.8 Å². The highest BCUT2D eigenvalue weighted by Gasteiger charge is 2.18. The highest BCUT2D eigenvalue weighted by Crippen LogP contribution is 2.13. The van der Waals surface area contributed by atoms with E-state index >= 15 is 0 Å². The summed E-state index contributed by atoms with van der Waals surface area (Å²) in [6, 6.07) is 0.994. The fraction of sp³-hybridized carbons (Fsp3) is 0.500. The van der Waals surface area contributed by atoms with Gasteiger partial charge in [-0.1, -0.05) is 13.3 Å². The molecule has 1 aromatic heterocycles. The third kappa shape index (κ3) is 2.21. The number of hydrogen-bond acceptors (Lipinski definition) is 3. The molecule has 0 aliphatic heterocycles. The number of nitrogen functional groups attached to an aromatic ring is 1. The second-order valence-corrected chi connectivity index (χ2v) is 2.86. The number of carboxylic acids is 1. The fourth-order valence-electron chi connectivity index (χ4n) is 1.17. The summed E-state index contributed by atoms with van der Waals surface area (Å²) in [5.74, 6) is -0.521. The van der Waals surface area contributed by atoms with E-state index in [2.05, 4.69) is 5.10 Å². The minimum Gasteiger partial charge on any atom is -0.480 e. The predicted molar refractivity (Wildman–Crippen MR) is 48.2 cm³/mol. The van der Waals surface area contributed by atoms with Crippen molar-refractivity contribution in [1.29, 1.82) is 0 Å². The third-order valence-corrected chi connectivity index (χ3v) is 1.80. The molecule has 0 spiro atoms. The van der Waals surface area contributed by atoms with Crippen molar-refractivity contribution in [2.24, 2.45) is 0 Å². The van der Waals surface area contributed by atoms with Crippen LogP contribution in [-0.2, 0) is 4.79 Å². The second kappa shape index (κ2) is 3.93. The van der Waals surface area contributed by atoms with Crippen molar-refractivity contribution in [3.63, 3.8) is 0 Å². The lowest BCUT2D eigenvalue weighted by Crippen LogP contribution is -2.19. The molecule has 1 aromatic rings. The van der Waals surface area contributed by atoms with Crippen LogP contribution in [0.2, 0.25) is 0 Å². The van der Waals surface area contributed by atoms with E-state index in [0.717, 1.165) is 6.42 Å². The van der Waals surface area contributed by atoms with E-state index in [9.17, 15) is 4.79 Å². The molecule has 0 unspecified atom stereocenters. The third-order valence-electron chi connectivity index (χ3n) is 1.80. The molecular formula is C8H13N3O2. The maximum absolute atomic E-state index is 10.8. The number of nitrogens with two attached hydrogens (primary N) is 1. The number of aliphatic carboxylic acids is 1. The van der Waals surface area contributed by atoms with Crippen LogP contribution in [0.15, 0.2) is 12.3 Å². The van der Waals surface area contributed by atoms with Crippen molar-refractivity contribution in [2.75, 3.05) is 5.73 Å². The van der Waals surface area contributed by atoms with Crippen molar-refractivity contribution in [3.8, 4) is 0 Å². The summed E-state index contributed by atoms with van der Waals surface area (Å²) in [7, 11) is 0. The first kappa shape index (κ1) is 9.57. The zero-order valence-corrected chi connectivity index (χ0v) is 7.47. The molecule has 1 heterocycles. The van der Waals surface area contributed by atoms with Gasteiger partial charge in [-0.15, -0.1) is 0 Å². The Hall–Kier alpha value is -1.52. The number of nitrogens with zero attached hydrogens (tertiary/aromatic N) is 2. The summed E-state index contributed by atoms with van der Waals surface area (Å²) in [6.07, 6.45) is 2.96. The average Bonchev–Trinajstić information content (AvgIpc) is 2.46. The van der Waals surface area contributed by atoms with Crippen LogP contribution in [0.5, 0.6) is 0 Å². The Kier molecular flexibility index (Phi) is 2.89. The lowest BCUT2D eigenvalue weighted by molar-refractivity contribution is -0.141. The first-order chi connectivity index (χ1) is 6.15. The van der Waals surface area contributed by atoms with Crippen molar-refractivity contribution >= 4 is 11.8 Å². The van der Waals surface area contributed by atoms with Crippen LogP contribution in [0.25, 0.3) is 0 Å². The molecule has 5 nitrogen and oxygen atoms in total. The monoisotopic (exact) mass is 183 g/mol. The molecule has 0 aliphatic carbocycles. The largest absolute Gasteiger partial charge is 0.480 e. The number of rotatable bonds is 4. The van der Waals surface area contributed by atoms with E-state index in [0.29, 0.717) is 12.2 Å². The summed E-state index contributed by atoms with van der Waals surface area (Å²) in [6.45, 7) is 1.93. The molecule has 0 saturated carbocycles. The van der Waals surface area contributed by atoms with Crippen molar-refractivity contribution in [1.82, 2.24) is 9.78 Å². The van der Waals surface area contributed by atoms with Crippen LogP contribution < -0.4 is 5.73 Å². The number of hydrogen-bond donors (Lipinski definition) is 2. The molecule has 0 saturated heterocycles. The fourth-order valence-corrected chi connectivity index (χ4v) is 1.17. The van der Waals surface area contributed by atoms with Gasteiger partial charge in [-0.2, -0.15) is 5.10 Å². The lowest BCUT2D eigenvalue weighted by atomic mass is 10.2. The Balaban J connectivity index is 2.81. The molecule has 3 N–H and O–H groups in total. The summed E-state index contributed by atoms with van der Waals surface area (Å²) in [5, 5.41) is 12.7. The summed E-state index contributed by atoms with van der Waals surface area (Å²) in [5.41, 5.74) is 5.39. The van der Waals surface area contributed by atoms with Crippen molar-refractivity contribution in [2.45, 2.75) is 25.8 Å². The van der Waals surface area contributed by atoms with Crippen LogP contribution in [0, 0.1) is 0 Å². The standard InChI is InChI=1S/C8H13N3O2/c1-2-3-6(8(12)13)11-5-4-7(9)10-11/h4-6H,2-3H2,1H3,(H2,9,10)(H,12,13)/t6-/m0/s1. The van der Waals surface area contributed by atoms with Gasteiger partial charge >= 0.3 is 5.97 Å². The van der Waals surface area contributed by atoms with Gasteiger partial charge in [0, 0.05) is 6.20 Å². The Bertz CT molecular complexity index is 295. The maximum Gasteiger partial charge on any atom is 0.328 e. The number of carbonyl (C=O) groups is 1. The highest BCUT2D eigenvalue weighted by molar-refractivity contribution is 5.71. The molecule has 72 valence electrons. The minimum absolute atomic E-state index is 0.349. The van der Waals surface area contributed by atoms with E-state index in [1.165, 1.54) is 4.68 Å². The Labute approximate surface area is 76.2 Å². The van der Waals surface area contributed by atoms with Crippen LogP contribution in [0.4, 0.5) is 5.82 Å². The lowest BCUT2D eigenvalue weighted by Gasteiger charge is -2.10. The van der Waals surface area contributed by atoms with Crippen LogP contribution in [0.1, 0.15) is 25.8 Å². The SMILES string of the molecule is CCC[C@@H](C(=O)O)n1ccc(N)n1. The molecule has 0 bridgehead atoms. The number of aromatic nitrogens is 2. The molecule has 0 amide bonds. The van der Waals surface area contributed by atoms with Gasteiger partial charge in [-0.3, -0.25) is 4.68 Å². The topological polar surface area (TPSA) is 81.1 Å². The van der Waals surface area contributed by atoms with E-state index in [1.807, 2.05) is 6.92 Å². The molecule has 5 heteroatoms. The predicted octanol–water partition coefficient (Wildman–Crippen LogP) is 0.891. The molecule has 13 heavy (non-hydrogen) atoms. The molecule has 0 radical (unpaired) electrons. The van der Waals surface area contributed by atoms with E-state index < -0.39 is 12.0 Å². The Morgan fingerprint density at radius 2 is 2.54 bits per heavy atom. The second-order valence-electron chi connectivity index (χ2n) is 2.86. The van der Waals surface area contributed by atoms with Gasteiger partial charge in [0.15, 0.2) is 0 Å². The normalized spacial score (nSPS) is 12.7. The van der Waals surface area contributed by atoms with Crippen molar-refractivity contribution < 1.29 is 9.90 Å². The first-order valence-electron chi connectivity index (χ1n) is 4.18. The average molecular weight is 183 g/mol. The zero-order valence-electron chi connectivity index (χ0n) is 7.47. The molecule has 0 aromatic carbocycles. The highest BCUT2D eigenvalue weighted by atomic mass is 16.4. The molecule has 1 atom stereocenters. The van der Waals surface area contributed by atoms with Gasteiger partial charge in [-0.25, -0.2) is 4.79 Å². The number of anilines is 1. The Morgan fingerprint density at radius 1 is 1.85 bits per heavy atom. The molecule has 0 fully saturated rings. The van der Waals surface area contributed by atoms with Crippen LogP contribution >= 0.6 is 0 Å². The maximum atomic E-state index is 10.8. The summed E-state index contributed by atoms with van der Waals surface area (Å²) < 4.78 is 1.39. The summed E-state index contributed by atoms with van der Waals surface area (Å²) in [4.78, 5) is 10.8. The zero-order chi connectivity index (χ0) is 9.84. The molecule has 0 aliphatic rings. The van der Waals surface area contributed by atoms with Crippen LogP contribution in [0.3, 0.4) is 0 Å². The van der Waals surface area contributed by atoms with Gasteiger partial charge in [0.25, 0.3) is 0 Å². The molecular weight excluding hydrogens is 170 g/mol. The Morgan fingerprint density at radius 3 is 2.92 bits per heavy atom. The van der Waals surface area contributed by atoms with E-state index in [1.54, 1.807) is 12.3 Å². The van der Waals surface area contributed by atoms with Gasteiger partial charge in [0.2, 0.25) is 0 Å². The van der Waals surface area contributed by atoms with Crippen molar-refractivity contribution in [3.05, 3.63) is 12.3 Å². The van der Waals surface area contributed by atoms with Gasteiger partial charge in [-0.05, 0) is 12.5 Å². The quantitative estimate of drug-likeness (QED) is 0.726. The van der Waals surface area contributed by atoms with Gasteiger partial charge in [0.1, 0.15) is 11.9 Å². The van der Waals surface area contributed by atoms with E-state index in [-0.39, 0.29) is 0 Å². The molecule has 1 rings (SSSR count). The number of carboxylic acid groups (broad SMARTS) is 1. The van der Waals surface area contributed by atoms with Gasteiger partial charge in [0.05, 0.1) is 0 Å². The first-order valence-corrected chi connectivity index (χ1v) is 4.18.